The molecule has 0 aliphatic rings. The monoisotopic (exact) mass is 364 g/mol. The minimum atomic E-state index is -2.08. The molecule has 1 unspecified atom stereocenters. The third-order valence-corrected chi connectivity index (χ3v) is 4.06. The van der Waals surface area contributed by atoms with Crippen LogP contribution in [-0.2, 0) is 4.79 Å². The van der Waals surface area contributed by atoms with Gasteiger partial charge in [0.05, 0.1) is 15.4 Å². The molecule has 0 N–H and O–H groups in total. The molecule has 0 fully saturated rings. The van der Waals surface area contributed by atoms with Gasteiger partial charge in [0, 0.05) is 0 Å². The number of esters is 1. The molecule has 0 aliphatic heterocycles. The van der Waals surface area contributed by atoms with Gasteiger partial charge in [0.15, 0.2) is 0 Å². The second kappa shape index (κ2) is 11.0. The number of rotatable bonds is 11. The Labute approximate surface area is 152 Å². The fraction of sp³-hybridized carbons (Fsp3) is 0.500. The van der Waals surface area contributed by atoms with Gasteiger partial charge in [0.25, 0.3) is 0 Å². The molecule has 0 heterocycles. The van der Waals surface area contributed by atoms with Crippen LogP contribution in [0.15, 0.2) is 42.0 Å². The molecule has 8 nitrogen and oxygen atoms in total. The van der Waals surface area contributed by atoms with Crippen molar-refractivity contribution in [3.8, 4) is 5.75 Å². The topological polar surface area (TPSA) is 113 Å². The van der Waals surface area contributed by atoms with Gasteiger partial charge in [-0.3, -0.25) is 20.2 Å². The van der Waals surface area contributed by atoms with E-state index in [2.05, 4.69) is 0 Å². The van der Waals surface area contributed by atoms with E-state index in [-0.39, 0.29) is 17.7 Å². The van der Waals surface area contributed by atoms with E-state index in [1.165, 1.54) is 13.0 Å². The summed E-state index contributed by atoms with van der Waals surface area (Å²) in [6, 6.07) is 8.24. The number of unbranched alkanes of at least 4 members (excludes halogenated alkanes) is 3. The van der Waals surface area contributed by atoms with Crippen LogP contribution in [0.5, 0.6) is 5.75 Å². The first-order valence-corrected chi connectivity index (χ1v) is 8.62. The number of benzene rings is 1. The molecule has 0 amide bonds. The summed E-state index contributed by atoms with van der Waals surface area (Å²) in [4.78, 5) is 33.1. The maximum atomic E-state index is 12.5. The number of carbonyl (C=O) groups excluding carboxylic acids is 1. The van der Waals surface area contributed by atoms with Gasteiger partial charge in [-0.1, -0.05) is 56.9 Å². The largest absolute Gasteiger partial charge is 0.457 e. The highest BCUT2D eigenvalue weighted by Gasteiger charge is 2.46. The molecule has 1 rings (SSSR count). The van der Waals surface area contributed by atoms with Gasteiger partial charge in [-0.25, -0.2) is 4.79 Å². The Bertz CT molecular complexity index is 630. The van der Waals surface area contributed by atoms with Crippen molar-refractivity contribution in [2.75, 3.05) is 0 Å². The van der Waals surface area contributed by atoms with Crippen molar-refractivity contribution in [3.63, 3.8) is 0 Å². The van der Waals surface area contributed by atoms with E-state index in [0.717, 1.165) is 19.3 Å². The molecule has 0 saturated carbocycles. The standard InChI is InChI=1S/C18H24N2O6/c1-3-5-6-10-13-16(17(19(22)23)20(24)25)15(4-2)18(21)26-14-11-8-7-9-12-14/h4,7-9,11-12,16-17H,3,5-6,10,13H2,1-2H3/b15-4+. The Hall–Kier alpha value is -2.77. The van der Waals surface area contributed by atoms with Crippen molar-refractivity contribution < 1.29 is 19.4 Å². The fourth-order valence-corrected chi connectivity index (χ4v) is 2.76. The second-order valence-electron chi connectivity index (χ2n) is 5.89. The smallest absolute Gasteiger partial charge is 0.423 e. The van der Waals surface area contributed by atoms with E-state index in [1.807, 2.05) is 6.92 Å². The van der Waals surface area contributed by atoms with Crippen LogP contribution < -0.4 is 4.74 Å². The van der Waals surface area contributed by atoms with Gasteiger partial charge in [-0.05, 0) is 25.5 Å². The summed E-state index contributed by atoms with van der Waals surface area (Å²) in [5, 5.41) is 22.5. The van der Waals surface area contributed by atoms with Crippen molar-refractivity contribution in [2.24, 2.45) is 5.92 Å². The highest BCUT2D eigenvalue weighted by atomic mass is 16.7. The maximum absolute atomic E-state index is 12.5. The Morgan fingerprint density at radius 2 is 1.73 bits per heavy atom. The molecule has 0 radical (unpaired) electrons. The first-order chi connectivity index (χ1) is 12.4. The van der Waals surface area contributed by atoms with E-state index in [0.29, 0.717) is 6.42 Å². The van der Waals surface area contributed by atoms with Gasteiger partial charge >= 0.3 is 12.1 Å². The van der Waals surface area contributed by atoms with Crippen LogP contribution in [0.4, 0.5) is 0 Å². The predicted molar refractivity (Wildman–Crippen MR) is 95.9 cm³/mol. The summed E-state index contributed by atoms with van der Waals surface area (Å²) in [5.74, 6) is -1.66. The minimum Gasteiger partial charge on any atom is -0.423 e. The van der Waals surface area contributed by atoms with Crippen molar-refractivity contribution in [2.45, 2.75) is 52.1 Å². The molecule has 1 aromatic rings. The Morgan fingerprint density at radius 1 is 1.12 bits per heavy atom. The van der Waals surface area contributed by atoms with Gasteiger partial charge in [0.1, 0.15) is 11.7 Å². The van der Waals surface area contributed by atoms with Crippen LogP contribution in [0.25, 0.3) is 0 Å². The average molecular weight is 364 g/mol. The number of hydrogen-bond donors (Lipinski definition) is 0. The molecule has 0 saturated heterocycles. The number of nitro groups is 2. The zero-order valence-electron chi connectivity index (χ0n) is 15.0. The van der Waals surface area contributed by atoms with Crippen molar-refractivity contribution in [1.82, 2.24) is 0 Å². The van der Waals surface area contributed by atoms with Crippen LogP contribution in [-0.4, -0.2) is 22.0 Å². The summed E-state index contributed by atoms with van der Waals surface area (Å²) in [7, 11) is 0. The lowest BCUT2D eigenvalue weighted by Crippen LogP contribution is -2.39. The molecule has 0 aromatic heterocycles. The van der Waals surface area contributed by atoms with Crippen LogP contribution >= 0.6 is 0 Å². The number of para-hydroxylation sites is 1. The summed E-state index contributed by atoms with van der Waals surface area (Å²) >= 11 is 0. The minimum absolute atomic E-state index is 0.0382. The Kier molecular flexibility index (Phi) is 8.97. The number of hydrogen-bond acceptors (Lipinski definition) is 6. The summed E-state index contributed by atoms with van der Waals surface area (Å²) in [5.41, 5.74) is -0.0382. The maximum Gasteiger partial charge on any atom is 0.457 e. The van der Waals surface area contributed by atoms with Crippen LogP contribution in [0.3, 0.4) is 0 Å². The molecular weight excluding hydrogens is 340 g/mol. The van der Waals surface area contributed by atoms with Crippen molar-refractivity contribution >= 4 is 5.97 Å². The zero-order chi connectivity index (χ0) is 19.5. The molecule has 26 heavy (non-hydrogen) atoms. The second-order valence-corrected chi connectivity index (χ2v) is 5.89. The third-order valence-electron chi connectivity index (χ3n) is 4.06. The Balaban J connectivity index is 3.04. The molecule has 0 aliphatic carbocycles. The van der Waals surface area contributed by atoms with E-state index in [1.54, 1.807) is 30.3 Å². The molecule has 0 bridgehead atoms. The predicted octanol–water partition coefficient (Wildman–Crippen LogP) is 4.00. The molecule has 0 spiro atoms. The van der Waals surface area contributed by atoms with Crippen molar-refractivity contribution in [3.05, 3.63) is 62.2 Å². The van der Waals surface area contributed by atoms with Gasteiger partial charge < -0.3 is 4.74 Å². The third kappa shape index (κ3) is 6.27. The highest BCUT2D eigenvalue weighted by Crippen LogP contribution is 2.27. The first-order valence-electron chi connectivity index (χ1n) is 8.62. The van der Waals surface area contributed by atoms with Gasteiger partial charge in [-0.2, -0.15) is 0 Å². The first kappa shape index (κ1) is 21.3. The molecule has 1 aromatic carbocycles. The van der Waals surface area contributed by atoms with Gasteiger partial charge in [0.2, 0.25) is 0 Å². The SMILES string of the molecule is C/C=C(/C(=O)Oc1ccccc1)C(CCCCCC)C([N+](=O)[O-])[N+](=O)[O-]. The van der Waals surface area contributed by atoms with Crippen LogP contribution in [0, 0.1) is 26.1 Å². The summed E-state index contributed by atoms with van der Waals surface area (Å²) in [6.45, 7) is 3.54. The quantitative estimate of drug-likeness (QED) is 0.111. The zero-order valence-corrected chi connectivity index (χ0v) is 15.0. The van der Waals surface area contributed by atoms with Crippen LogP contribution in [0.1, 0.15) is 46.0 Å². The van der Waals surface area contributed by atoms with E-state index in [4.69, 9.17) is 4.74 Å². The molecule has 1 atom stereocenters. The number of ether oxygens (including phenoxy) is 1. The summed E-state index contributed by atoms with van der Waals surface area (Å²) < 4.78 is 5.23. The average Bonchev–Trinajstić information content (AvgIpc) is 2.59. The lowest BCUT2D eigenvalue weighted by Gasteiger charge is -2.18. The van der Waals surface area contributed by atoms with Gasteiger partial charge in [-0.15, -0.1) is 0 Å². The molecule has 8 heteroatoms. The fourth-order valence-electron chi connectivity index (χ4n) is 2.76. The Morgan fingerprint density at radius 3 is 2.23 bits per heavy atom. The molecular formula is C18H24N2O6. The number of nitrogens with zero attached hydrogens (tertiary/aromatic N) is 2. The number of carbonyl (C=O) groups is 1. The lowest BCUT2D eigenvalue weighted by molar-refractivity contribution is -0.749. The number of allylic oxidation sites excluding steroid dienone is 1. The van der Waals surface area contributed by atoms with E-state index in [9.17, 15) is 25.0 Å². The van der Waals surface area contributed by atoms with E-state index >= 15 is 0 Å². The molecule has 142 valence electrons. The van der Waals surface area contributed by atoms with E-state index < -0.39 is 27.9 Å². The lowest BCUT2D eigenvalue weighted by atomic mass is 9.90. The van der Waals surface area contributed by atoms with Crippen LogP contribution in [0.2, 0.25) is 0 Å². The highest BCUT2D eigenvalue weighted by molar-refractivity contribution is 5.90. The summed E-state index contributed by atoms with van der Waals surface area (Å²) in [6.07, 6.45) is 2.71. The normalized spacial score (nSPS) is 12.7. The van der Waals surface area contributed by atoms with Crippen molar-refractivity contribution in [1.29, 1.82) is 0 Å².